The van der Waals surface area contributed by atoms with Gasteiger partial charge < -0.3 is 14.8 Å². The number of carbonyl (C=O) groups is 2. The van der Waals surface area contributed by atoms with E-state index in [9.17, 15) is 9.59 Å². The van der Waals surface area contributed by atoms with Crippen LogP contribution in [-0.4, -0.2) is 25.0 Å². The number of hydrogen-bond donors (Lipinski definition) is 1. The second-order valence-electron chi connectivity index (χ2n) is 7.29. The van der Waals surface area contributed by atoms with Crippen molar-refractivity contribution in [2.75, 3.05) is 13.2 Å². The molecule has 0 saturated heterocycles. The molecule has 0 bridgehead atoms. The molecule has 4 rings (SSSR count). The highest BCUT2D eigenvalue weighted by Gasteiger charge is 2.43. The van der Waals surface area contributed by atoms with Crippen LogP contribution in [0.25, 0.3) is 5.70 Å². The third-order valence-corrected chi connectivity index (χ3v) is 7.00. The maximum atomic E-state index is 13.5. The van der Waals surface area contributed by atoms with Gasteiger partial charge in [-0.2, -0.15) is 0 Å². The number of Topliss-reactive ketones (excluding diaryl/α,β-unsaturated/α-hetero) is 1. The number of allylic oxidation sites excluding steroid dienone is 2. The molecule has 0 saturated carbocycles. The quantitative estimate of drug-likeness (QED) is 0.279. The highest BCUT2D eigenvalue weighted by Crippen LogP contribution is 2.47. The highest BCUT2D eigenvalue weighted by atomic mass is 127. The number of rotatable bonds is 5. The Bertz CT molecular complexity index is 1230. The first-order valence-corrected chi connectivity index (χ1v) is 12.1. The fourth-order valence-electron chi connectivity index (χ4n) is 4.14. The van der Waals surface area contributed by atoms with Crippen molar-refractivity contribution in [3.8, 4) is 18.1 Å². The van der Waals surface area contributed by atoms with Crippen LogP contribution in [0.5, 0.6) is 5.75 Å². The summed E-state index contributed by atoms with van der Waals surface area (Å²) < 4.78 is 12.8. The Labute approximate surface area is 213 Å². The third kappa shape index (κ3) is 3.83. The molecule has 1 heterocycles. The third-order valence-electron chi connectivity index (χ3n) is 5.40. The first-order chi connectivity index (χ1) is 15.4. The predicted octanol–water partition coefficient (Wildman–Crippen LogP) is 5.04. The van der Waals surface area contributed by atoms with Crippen molar-refractivity contribution in [3.63, 3.8) is 0 Å². The summed E-state index contributed by atoms with van der Waals surface area (Å²) in [6.45, 7) is 4.02. The molecule has 2 aliphatic rings. The van der Waals surface area contributed by atoms with Crippen molar-refractivity contribution in [1.82, 2.24) is 5.32 Å². The highest BCUT2D eigenvalue weighted by molar-refractivity contribution is 14.1. The number of terminal acetylenes is 1. The number of dihydropyridines is 1. The van der Waals surface area contributed by atoms with Gasteiger partial charge in [0.1, 0.15) is 12.4 Å². The van der Waals surface area contributed by atoms with Gasteiger partial charge in [-0.1, -0.05) is 30.2 Å². The lowest BCUT2D eigenvalue weighted by atomic mass is 9.80. The maximum absolute atomic E-state index is 13.5. The SMILES string of the molecule is C#CCOc1c(I)cc([C@H]2C(C(=O)OCC)=C(C)NC3=C2C(=O)c2ccccc23)cc1I. The molecule has 2 aromatic carbocycles. The number of ether oxygens (including phenoxy) is 2. The fraction of sp³-hybridized carbons (Fsp3) is 0.200. The van der Waals surface area contributed by atoms with Gasteiger partial charge in [0.15, 0.2) is 5.78 Å². The second kappa shape index (κ2) is 9.27. The minimum atomic E-state index is -0.561. The van der Waals surface area contributed by atoms with Gasteiger partial charge in [0.25, 0.3) is 0 Å². The second-order valence-corrected chi connectivity index (χ2v) is 9.61. The Morgan fingerprint density at radius 2 is 1.84 bits per heavy atom. The number of benzene rings is 2. The molecule has 2 aromatic rings. The molecule has 0 unspecified atom stereocenters. The van der Waals surface area contributed by atoms with E-state index in [2.05, 4.69) is 56.4 Å². The lowest BCUT2D eigenvalue weighted by Gasteiger charge is -2.29. The lowest BCUT2D eigenvalue weighted by Crippen LogP contribution is -2.29. The predicted molar refractivity (Wildman–Crippen MR) is 139 cm³/mol. The molecule has 0 amide bonds. The standard InChI is InChI=1S/C25H19I2NO4/c1-4-10-32-24-17(26)11-14(12-18(24)27)20-19(25(30)31-5-2)13(3)28-22-15-8-6-7-9-16(15)23(29)21(20)22/h1,6-9,11-12,20,28H,5,10H2,2-3H3/t20-/m0/s1. The summed E-state index contributed by atoms with van der Waals surface area (Å²) in [5.74, 6) is 2.09. The number of hydrogen-bond acceptors (Lipinski definition) is 5. The number of ketones is 1. The van der Waals surface area contributed by atoms with Crippen LogP contribution in [0.15, 0.2) is 53.2 Å². The minimum Gasteiger partial charge on any atom is -0.479 e. The van der Waals surface area contributed by atoms with Crippen molar-refractivity contribution in [2.24, 2.45) is 0 Å². The van der Waals surface area contributed by atoms with E-state index in [0.29, 0.717) is 28.2 Å². The van der Waals surface area contributed by atoms with E-state index in [4.69, 9.17) is 15.9 Å². The van der Waals surface area contributed by atoms with Crippen LogP contribution in [0.2, 0.25) is 0 Å². The smallest absolute Gasteiger partial charge is 0.336 e. The molecule has 0 spiro atoms. The summed E-state index contributed by atoms with van der Waals surface area (Å²) in [7, 11) is 0. The summed E-state index contributed by atoms with van der Waals surface area (Å²) in [5.41, 5.74) is 4.72. The van der Waals surface area contributed by atoms with Crippen molar-refractivity contribution < 1.29 is 19.1 Å². The van der Waals surface area contributed by atoms with E-state index in [-0.39, 0.29) is 19.0 Å². The van der Waals surface area contributed by atoms with E-state index in [1.54, 1.807) is 6.92 Å². The van der Waals surface area contributed by atoms with Crippen molar-refractivity contribution in [3.05, 3.63) is 77.1 Å². The molecule has 1 atom stereocenters. The molecule has 1 aliphatic carbocycles. The molecule has 0 radical (unpaired) electrons. The molecule has 1 N–H and O–H groups in total. The van der Waals surface area contributed by atoms with Crippen LogP contribution >= 0.6 is 45.2 Å². The van der Waals surface area contributed by atoms with Crippen LogP contribution < -0.4 is 10.1 Å². The maximum Gasteiger partial charge on any atom is 0.336 e. The summed E-state index contributed by atoms with van der Waals surface area (Å²) in [6, 6.07) is 11.4. The van der Waals surface area contributed by atoms with E-state index in [1.165, 1.54) is 0 Å². The first kappa shape index (κ1) is 22.9. The zero-order valence-electron chi connectivity index (χ0n) is 17.4. The van der Waals surface area contributed by atoms with Crippen molar-refractivity contribution in [1.29, 1.82) is 0 Å². The zero-order chi connectivity index (χ0) is 23.0. The summed E-state index contributed by atoms with van der Waals surface area (Å²) in [5, 5.41) is 3.31. The van der Waals surface area contributed by atoms with E-state index < -0.39 is 11.9 Å². The number of carbonyl (C=O) groups excluding carboxylic acids is 2. The number of esters is 1. The zero-order valence-corrected chi connectivity index (χ0v) is 21.7. The van der Waals surface area contributed by atoms with E-state index in [0.717, 1.165) is 24.0 Å². The molecule has 0 fully saturated rings. The lowest BCUT2D eigenvalue weighted by molar-refractivity contribution is -0.138. The molecule has 1 aliphatic heterocycles. The Balaban J connectivity index is 1.91. The Kier molecular flexibility index (Phi) is 6.62. The van der Waals surface area contributed by atoms with Gasteiger partial charge in [-0.25, -0.2) is 4.79 Å². The summed E-state index contributed by atoms with van der Waals surface area (Å²) in [6.07, 6.45) is 5.35. The van der Waals surface area contributed by atoms with Crippen LogP contribution in [0.4, 0.5) is 0 Å². The van der Waals surface area contributed by atoms with Crippen molar-refractivity contribution in [2.45, 2.75) is 19.8 Å². The average Bonchev–Trinajstić information content (AvgIpc) is 3.04. The van der Waals surface area contributed by atoms with Crippen LogP contribution in [0.1, 0.15) is 41.3 Å². The molecular formula is C25H19I2NO4. The van der Waals surface area contributed by atoms with Gasteiger partial charge >= 0.3 is 5.97 Å². The van der Waals surface area contributed by atoms with Crippen LogP contribution in [-0.2, 0) is 9.53 Å². The summed E-state index contributed by atoms with van der Waals surface area (Å²) >= 11 is 4.38. The first-order valence-electron chi connectivity index (χ1n) is 9.97. The van der Waals surface area contributed by atoms with E-state index >= 15 is 0 Å². The van der Waals surface area contributed by atoms with Gasteiger partial charge in [-0.05, 0) is 76.7 Å². The van der Waals surface area contributed by atoms with Gasteiger partial charge in [0, 0.05) is 28.3 Å². The fourth-order valence-corrected chi connectivity index (χ4v) is 6.27. The van der Waals surface area contributed by atoms with Gasteiger partial charge in [0.2, 0.25) is 0 Å². The van der Waals surface area contributed by atoms with Gasteiger partial charge in [0.05, 0.1) is 25.0 Å². The minimum absolute atomic E-state index is 0.0833. The Hall–Kier alpha value is -2.32. The van der Waals surface area contributed by atoms with Gasteiger partial charge in [-0.15, -0.1) is 6.42 Å². The van der Waals surface area contributed by atoms with Gasteiger partial charge in [-0.3, -0.25) is 4.79 Å². The topological polar surface area (TPSA) is 64.6 Å². The van der Waals surface area contributed by atoms with Crippen LogP contribution in [0.3, 0.4) is 0 Å². The average molecular weight is 651 g/mol. The summed E-state index contributed by atoms with van der Waals surface area (Å²) in [4.78, 5) is 26.5. The largest absolute Gasteiger partial charge is 0.479 e. The van der Waals surface area contributed by atoms with E-state index in [1.807, 2.05) is 43.3 Å². The molecule has 5 nitrogen and oxygen atoms in total. The normalized spacial score (nSPS) is 16.8. The molecule has 7 heteroatoms. The Morgan fingerprint density at radius 1 is 1.19 bits per heavy atom. The molecule has 0 aromatic heterocycles. The van der Waals surface area contributed by atoms with Crippen molar-refractivity contribution >= 4 is 62.6 Å². The number of fused-ring (bicyclic) bond motifs is 2. The van der Waals surface area contributed by atoms with Crippen LogP contribution in [0, 0.1) is 19.5 Å². The Morgan fingerprint density at radius 3 is 2.47 bits per heavy atom. The number of halogens is 2. The molecular weight excluding hydrogens is 632 g/mol. The number of nitrogens with one attached hydrogen (secondary N) is 1. The molecule has 162 valence electrons. The monoisotopic (exact) mass is 651 g/mol. The molecule has 32 heavy (non-hydrogen) atoms.